The van der Waals surface area contributed by atoms with E-state index in [1.807, 2.05) is 0 Å². The average molecular weight is 498 g/mol. The Morgan fingerprint density at radius 1 is 1.03 bits per heavy atom. The highest BCUT2D eigenvalue weighted by Gasteiger charge is 2.54. The van der Waals surface area contributed by atoms with Crippen molar-refractivity contribution in [3.8, 4) is 11.6 Å². The fourth-order valence-electron chi connectivity index (χ4n) is 5.60. The highest BCUT2D eigenvalue weighted by molar-refractivity contribution is 6.00. The largest absolute Gasteiger partial charge is 0.488 e. The standard InChI is InChI=1S/C25H25F2N5O4/c26-25(27)10-17(11-25)35-15-3-4-20-19(12-30-32(20)13-15)22(34)31-14-6-24(7-14)8-16(9-24)36-23-18(21(28)33)2-1-5-29-23/h1-5,12-14,16-17H,6-11H2,(H2,28,33)(H,31,34). The molecular formula is C25H25F2N5O4. The van der Waals surface area contributed by atoms with Crippen molar-refractivity contribution >= 4 is 17.3 Å². The van der Waals surface area contributed by atoms with Crippen LogP contribution in [-0.4, -0.2) is 50.6 Å². The van der Waals surface area contributed by atoms with Gasteiger partial charge in [-0.25, -0.2) is 18.3 Å². The first-order valence-electron chi connectivity index (χ1n) is 11.9. The van der Waals surface area contributed by atoms with Crippen LogP contribution in [-0.2, 0) is 0 Å². The molecule has 3 saturated carbocycles. The molecule has 0 radical (unpaired) electrons. The maximum atomic E-state index is 13.0. The van der Waals surface area contributed by atoms with Gasteiger partial charge in [-0.15, -0.1) is 0 Å². The normalized spacial score (nSPS) is 26.5. The van der Waals surface area contributed by atoms with E-state index in [1.54, 1.807) is 36.7 Å². The second-order valence-electron chi connectivity index (χ2n) is 10.2. The van der Waals surface area contributed by atoms with Gasteiger partial charge in [0.15, 0.2) is 0 Å². The Morgan fingerprint density at radius 2 is 1.78 bits per heavy atom. The van der Waals surface area contributed by atoms with Crippen LogP contribution in [0.5, 0.6) is 11.6 Å². The monoisotopic (exact) mass is 497 g/mol. The maximum absolute atomic E-state index is 13.0. The number of carbonyl (C=O) groups excluding carboxylic acids is 2. The summed E-state index contributed by atoms with van der Waals surface area (Å²) < 4.78 is 39.1. The van der Waals surface area contributed by atoms with Gasteiger partial charge >= 0.3 is 0 Å². The number of carbonyl (C=O) groups is 2. The zero-order valence-electron chi connectivity index (χ0n) is 19.3. The van der Waals surface area contributed by atoms with Crippen LogP contribution in [0, 0.1) is 5.41 Å². The number of pyridine rings is 2. The number of nitrogens with one attached hydrogen (secondary N) is 1. The van der Waals surface area contributed by atoms with Gasteiger partial charge in [-0.3, -0.25) is 9.59 Å². The molecule has 3 N–H and O–H groups in total. The van der Waals surface area contributed by atoms with Gasteiger partial charge in [-0.05, 0) is 55.4 Å². The van der Waals surface area contributed by atoms with Crippen LogP contribution in [0.2, 0.25) is 0 Å². The topological polar surface area (TPSA) is 121 Å². The number of nitrogens with zero attached hydrogens (tertiary/aromatic N) is 3. The molecule has 3 fully saturated rings. The molecule has 0 aromatic carbocycles. The summed E-state index contributed by atoms with van der Waals surface area (Å²) in [6.07, 6.45) is 6.92. The minimum Gasteiger partial charge on any atom is -0.488 e. The van der Waals surface area contributed by atoms with Crippen molar-refractivity contribution in [2.24, 2.45) is 11.1 Å². The third kappa shape index (κ3) is 4.12. The summed E-state index contributed by atoms with van der Waals surface area (Å²) in [5.41, 5.74) is 6.86. The summed E-state index contributed by atoms with van der Waals surface area (Å²) in [4.78, 5) is 28.6. The Labute approximate surface area is 205 Å². The molecule has 3 heterocycles. The van der Waals surface area contributed by atoms with Crippen LogP contribution in [0.25, 0.3) is 5.52 Å². The number of hydrogen-bond donors (Lipinski definition) is 2. The van der Waals surface area contributed by atoms with Crippen molar-refractivity contribution in [2.75, 3.05) is 0 Å². The number of fused-ring (bicyclic) bond motifs is 1. The maximum Gasteiger partial charge on any atom is 0.255 e. The van der Waals surface area contributed by atoms with E-state index in [0.29, 0.717) is 16.8 Å². The summed E-state index contributed by atoms with van der Waals surface area (Å²) in [5.74, 6) is -2.72. The molecule has 3 aliphatic carbocycles. The predicted molar refractivity (Wildman–Crippen MR) is 123 cm³/mol. The Balaban J connectivity index is 1.01. The first kappa shape index (κ1) is 22.7. The molecule has 0 bridgehead atoms. The molecule has 0 saturated heterocycles. The summed E-state index contributed by atoms with van der Waals surface area (Å²) in [6.45, 7) is 0. The number of nitrogens with two attached hydrogens (primary N) is 1. The van der Waals surface area contributed by atoms with E-state index in [2.05, 4.69) is 15.4 Å². The Bertz CT molecular complexity index is 1340. The summed E-state index contributed by atoms with van der Waals surface area (Å²) in [7, 11) is 0. The number of aromatic nitrogens is 3. The Morgan fingerprint density at radius 3 is 2.50 bits per heavy atom. The Kier molecular flexibility index (Phi) is 5.13. The highest BCUT2D eigenvalue weighted by atomic mass is 19.3. The summed E-state index contributed by atoms with van der Waals surface area (Å²) >= 11 is 0. The van der Waals surface area contributed by atoms with Gasteiger partial charge in [0.25, 0.3) is 17.7 Å². The van der Waals surface area contributed by atoms with E-state index in [1.165, 1.54) is 10.7 Å². The number of primary amides is 1. The first-order chi connectivity index (χ1) is 17.2. The summed E-state index contributed by atoms with van der Waals surface area (Å²) in [5, 5.41) is 7.30. The Hall–Kier alpha value is -3.76. The molecule has 1 spiro atoms. The van der Waals surface area contributed by atoms with Crippen molar-refractivity contribution in [2.45, 2.75) is 62.7 Å². The number of amides is 2. The number of ether oxygens (including phenoxy) is 2. The van der Waals surface area contributed by atoms with Gasteiger partial charge in [-0.1, -0.05) is 0 Å². The molecule has 36 heavy (non-hydrogen) atoms. The molecule has 3 aliphatic rings. The molecule has 0 aliphatic heterocycles. The van der Waals surface area contributed by atoms with Crippen LogP contribution in [0.1, 0.15) is 59.2 Å². The van der Waals surface area contributed by atoms with Gasteiger partial charge < -0.3 is 20.5 Å². The molecule has 9 nitrogen and oxygen atoms in total. The van der Waals surface area contributed by atoms with E-state index in [4.69, 9.17) is 15.2 Å². The van der Waals surface area contributed by atoms with Gasteiger partial charge in [-0.2, -0.15) is 5.10 Å². The average Bonchev–Trinajstić information content (AvgIpc) is 3.18. The van der Waals surface area contributed by atoms with E-state index in [9.17, 15) is 18.4 Å². The van der Waals surface area contributed by atoms with Gasteiger partial charge in [0.2, 0.25) is 5.88 Å². The molecule has 6 rings (SSSR count). The second kappa shape index (κ2) is 8.14. The minimum atomic E-state index is -2.65. The molecule has 11 heteroatoms. The van der Waals surface area contributed by atoms with Gasteiger partial charge in [0, 0.05) is 25.1 Å². The van der Waals surface area contributed by atoms with Gasteiger partial charge in [0.05, 0.1) is 23.5 Å². The van der Waals surface area contributed by atoms with Crippen molar-refractivity contribution in [1.82, 2.24) is 19.9 Å². The number of hydrogen-bond acceptors (Lipinski definition) is 6. The van der Waals surface area contributed by atoms with E-state index in [-0.39, 0.29) is 47.8 Å². The molecule has 2 amide bonds. The zero-order valence-corrected chi connectivity index (χ0v) is 19.3. The minimum absolute atomic E-state index is 0.0307. The van der Waals surface area contributed by atoms with Crippen molar-refractivity contribution in [1.29, 1.82) is 0 Å². The lowest BCUT2D eigenvalue weighted by Gasteiger charge is -2.57. The number of rotatable bonds is 7. The summed E-state index contributed by atoms with van der Waals surface area (Å²) in [6, 6.07) is 6.68. The molecule has 0 unspecified atom stereocenters. The zero-order chi connectivity index (χ0) is 25.1. The van der Waals surface area contributed by atoms with Crippen LogP contribution < -0.4 is 20.5 Å². The van der Waals surface area contributed by atoms with Gasteiger partial charge in [0.1, 0.15) is 23.5 Å². The lowest BCUT2D eigenvalue weighted by Crippen LogP contribution is -2.58. The first-order valence-corrected chi connectivity index (χ1v) is 11.9. The van der Waals surface area contributed by atoms with Crippen molar-refractivity contribution in [3.63, 3.8) is 0 Å². The molecule has 188 valence electrons. The van der Waals surface area contributed by atoms with Crippen LogP contribution in [0.3, 0.4) is 0 Å². The molecule has 3 aromatic rings. The lowest BCUT2D eigenvalue weighted by molar-refractivity contribution is -0.134. The van der Waals surface area contributed by atoms with Crippen LogP contribution in [0.15, 0.2) is 42.9 Å². The second-order valence-corrected chi connectivity index (χ2v) is 10.2. The van der Waals surface area contributed by atoms with E-state index >= 15 is 0 Å². The lowest BCUT2D eigenvalue weighted by atomic mass is 9.53. The fourth-order valence-corrected chi connectivity index (χ4v) is 5.60. The third-order valence-corrected chi connectivity index (χ3v) is 7.42. The number of halogens is 2. The SMILES string of the molecule is NC(=O)c1cccnc1OC1CC2(CC(NC(=O)c3cnn4cc(OC5CC(F)(F)C5)ccc34)C2)C1. The molecular weight excluding hydrogens is 472 g/mol. The van der Waals surface area contributed by atoms with Crippen molar-refractivity contribution < 1.29 is 27.8 Å². The third-order valence-electron chi connectivity index (χ3n) is 7.42. The van der Waals surface area contributed by atoms with Crippen LogP contribution >= 0.6 is 0 Å². The highest BCUT2D eigenvalue weighted by Crippen LogP contribution is 2.56. The smallest absolute Gasteiger partial charge is 0.255 e. The van der Waals surface area contributed by atoms with Crippen LogP contribution in [0.4, 0.5) is 8.78 Å². The van der Waals surface area contributed by atoms with E-state index in [0.717, 1.165) is 25.7 Å². The fraction of sp³-hybridized carbons (Fsp3) is 0.440. The predicted octanol–water partition coefficient (Wildman–Crippen LogP) is 3.12. The number of alkyl halides is 2. The quantitative estimate of drug-likeness (QED) is 0.518. The molecule has 3 aromatic heterocycles. The van der Waals surface area contributed by atoms with Crippen molar-refractivity contribution in [3.05, 3.63) is 54.0 Å². The molecule has 0 atom stereocenters. The van der Waals surface area contributed by atoms with E-state index < -0.39 is 17.9 Å².